The Kier molecular flexibility index (Phi) is 6.40. The molecule has 5 nitrogen and oxygen atoms in total. The molecule has 0 radical (unpaired) electrons. The molecule has 1 aromatic carbocycles. The minimum atomic E-state index is -2.83. The predicted octanol–water partition coefficient (Wildman–Crippen LogP) is 3.14. The van der Waals surface area contributed by atoms with E-state index < -0.39 is 6.61 Å². The third-order valence-electron chi connectivity index (χ3n) is 2.90. The van der Waals surface area contributed by atoms with Crippen molar-refractivity contribution in [3.63, 3.8) is 0 Å². The average molecular weight is 323 g/mol. The number of benzene rings is 1. The van der Waals surface area contributed by atoms with Gasteiger partial charge in [0.15, 0.2) is 5.96 Å². The summed E-state index contributed by atoms with van der Waals surface area (Å²) in [5, 5.41) is 6.24. The van der Waals surface area contributed by atoms with E-state index in [1.807, 2.05) is 19.1 Å². The van der Waals surface area contributed by atoms with Crippen LogP contribution in [0, 0.1) is 0 Å². The van der Waals surface area contributed by atoms with Crippen molar-refractivity contribution in [2.75, 3.05) is 6.54 Å². The standard InChI is InChI=1S/C16H19F2N3O2/c1-2-19-16(21-11-14-7-4-8-22-14)20-10-12-5-3-6-13(9-12)23-15(17)18/h3-9,15H,2,10-11H2,1H3,(H2,19,20,21). The number of hydrogen-bond acceptors (Lipinski definition) is 3. The van der Waals surface area contributed by atoms with Gasteiger partial charge in [0, 0.05) is 6.54 Å². The highest BCUT2D eigenvalue weighted by Gasteiger charge is 2.05. The largest absolute Gasteiger partial charge is 0.467 e. The normalized spacial score (nSPS) is 11.6. The Hall–Kier alpha value is -2.57. The summed E-state index contributed by atoms with van der Waals surface area (Å²) in [6.07, 6.45) is 1.61. The molecule has 0 aliphatic carbocycles. The molecule has 7 heteroatoms. The molecule has 1 heterocycles. The van der Waals surface area contributed by atoms with Crippen LogP contribution in [0.15, 0.2) is 52.1 Å². The summed E-state index contributed by atoms with van der Waals surface area (Å²) in [6, 6.07) is 10.2. The quantitative estimate of drug-likeness (QED) is 0.607. The first-order valence-electron chi connectivity index (χ1n) is 7.25. The molecule has 0 fully saturated rings. The zero-order chi connectivity index (χ0) is 16.5. The van der Waals surface area contributed by atoms with Gasteiger partial charge in [-0.15, -0.1) is 0 Å². The number of rotatable bonds is 7. The number of furan rings is 1. The Bertz CT molecular complexity index is 616. The molecule has 0 amide bonds. The van der Waals surface area contributed by atoms with Crippen molar-refractivity contribution >= 4 is 5.96 Å². The summed E-state index contributed by atoms with van der Waals surface area (Å²) in [4.78, 5) is 4.41. The van der Waals surface area contributed by atoms with E-state index in [2.05, 4.69) is 20.4 Å². The molecule has 0 saturated carbocycles. The topological polar surface area (TPSA) is 58.8 Å². The summed E-state index contributed by atoms with van der Waals surface area (Å²) in [5.41, 5.74) is 0.776. The van der Waals surface area contributed by atoms with Gasteiger partial charge in [-0.25, -0.2) is 4.99 Å². The Morgan fingerprint density at radius 3 is 2.83 bits per heavy atom. The fourth-order valence-corrected chi connectivity index (χ4v) is 1.92. The van der Waals surface area contributed by atoms with Gasteiger partial charge >= 0.3 is 6.61 Å². The maximum atomic E-state index is 12.2. The molecular weight excluding hydrogens is 304 g/mol. The molecule has 0 unspecified atom stereocenters. The lowest BCUT2D eigenvalue weighted by Gasteiger charge is -2.10. The van der Waals surface area contributed by atoms with Crippen molar-refractivity contribution in [1.29, 1.82) is 0 Å². The zero-order valence-electron chi connectivity index (χ0n) is 12.8. The summed E-state index contributed by atoms with van der Waals surface area (Å²) < 4.78 is 34.1. The van der Waals surface area contributed by atoms with Crippen LogP contribution in [0.3, 0.4) is 0 Å². The first-order valence-corrected chi connectivity index (χ1v) is 7.25. The molecule has 0 bridgehead atoms. The summed E-state index contributed by atoms with van der Waals surface area (Å²) in [6.45, 7) is 0.683. The van der Waals surface area contributed by atoms with Gasteiger partial charge in [-0.1, -0.05) is 12.1 Å². The van der Waals surface area contributed by atoms with E-state index >= 15 is 0 Å². The highest BCUT2D eigenvalue weighted by molar-refractivity contribution is 5.79. The highest BCUT2D eigenvalue weighted by atomic mass is 19.3. The molecular formula is C16H19F2N3O2. The molecule has 0 aliphatic heterocycles. The van der Waals surface area contributed by atoms with Gasteiger partial charge in [-0.2, -0.15) is 8.78 Å². The van der Waals surface area contributed by atoms with E-state index in [1.54, 1.807) is 24.5 Å². The van der Waals surface area contributed by atoms with E-state index in [0.29, 0.717) is 25.6 Å². The smallest absolute Gasteiger partial charge is 0.387 e. The van der Waals surface area contributed by atoms with Crippen LogP contribution in [0.2, 0.25) is 0 Å². The van der Waals surface area contributed by atoms with Gasteiger partial charge < -0.3 is 19.8 Å². The molecule has 0 aliphatic rings. The van der Waals surface area contributed by atoms with Crippen LogP contribution in [0.5, 0.6) is 5.75 Å². The molecule has 0 saturated heterocycles. The number of ether oxygens (including phenoxy) is 1. The van der Waals surface area contributed by atoms with Crippen molar-refractivity contribution in [3.8, 4) is 5.75 Å². The monoisotopic (exact) mass is 323 g/mol. The Morgan fingerprint density at radius 2 is 2.13 bits per heavy atom. The highest BCUT2D eigenvalue weighted by Crippen LogP contribution is 2.16. The molecule has 0 atom stereocenters. The van der Waals surface area contributed by atoms with Crippen LogP contribution in [0.25, 0.3) is 0 Å². The number of hydrogen-bond donors (Lipinski definition) is 2. The minimum absolute atomic E-state index is 0.126. The van der Waals surface area contributed by atoms with Gasteiger partial charge in [-0.3, -0.25) is 0 Å². The number of guanidine groups is 1. The second kappa shape index (κ2) is 8.77. The van der Waals surface area contributed by atoms with Gasteiger partial charge in [-0.05, 0) is 36.8 Å². The maximum Gasteiger partial charge on any atom is 0.387 e. The molecule has 23 heavy (non-hydrogen) atoms. The van der Waals surface area contributed by atoms with E-state index in [4.69, 9.17) is 4.42 Å². The fourth-order valence-electron chi connectivity index (χ4n) is 1.92. The first-order chi connectivity index (χ1) is 11.2. The number of alkyl halides is 2. The zero-order valence-corrected chi connectivity index (χ0v) is 12.8. The molecule has 0 spiro atoms. The van der Waals surface area contributed by atoms with Gasteiger partial charge in [0.2, 0.25) is 0 Å². The Labute approximate surface area is 133 Å². The lowest BCUT2D eigenvalue weighted by molar-refractivity contribution is -0.0498. The SMILES string of the molecule is CCNC(=NCc1cccc(OC(F)F)c1)NCc1ccco1. The summed E-state index contributed by atoms with van der Waals surface area (Å²) in [5.74, 6) is 1.54. The molecule has 1 aromatic heterocycles. The van der Waals surface area contributed by atoms with Crippen LogP contribution in [0.1, 0.15) is 18.2 Å². The van der Waals surface area contributed by atoms with Crippen LogP contribution in [0.4, 0.5) is 8.78 Å². The first kappa shape index (κ1) is 16.8. The van der Waals surface area contributed by atoms with E-state index in [-0.39, 0.29) is 5.75 Å². The van der Waals surface area contributed by atoms with E-state index in [9.17, 15) is 8.78 Å². The van der Waals surface area contributed by atoms with Crippen LogP contribution >= 0.6 is 0 Å². The predicted molar refractivity (Wildman–Crippen MR) is 83.4 cm³/mol. The lowest BCUT2D eigenvalue weighted by atomic mass is 10.2. The molecule has 124 valence electrons. The van der Waals surface area contributed by atoms with Crippen molar-refractivity contribution in [2.45, 2.75) is 26.6 Å². The Balaban J connectivity index is 1.96. The summed E-state index contributed by atoms with van der Waals surface area (Å²) >= 11 is 0. The second-order valence-corrected chi connectivity index (χ2v) is 4.65. The third-order valence-corrected chi connectivity index (χ3v) is 2.90. The Morgan fingerprint density at radius 1 is 1.26 bits per heavy atom. The van der Waals surface area contributed by atoms with Gasteiger partial charge in [0.05, 0.1) is 19.4 Å². The van der Waals surface area contributed by atoms with E-state index in [1.165, 1.54) is 6.07 Å². The number of nitrogens with zero attached hydrogens (tertiary/aromatic N) is 1. The van der Waals surface area contributed by atoms with E-state index in [0.717, 1.165) is 11.3 Å². The van der Waals surface area contributed by atoms with Crippen LogP contribution in [-0.2, 0) is 13.1 Å². The fraction of sp³-hybridized carbons (Fsp3) is 0.312. The van der Waals surface area contributed by atoms with Crippen LogP contribution in [-0.4, -0.2) is 19.1 Å². The van der Waals surface area contributed by atoms with Crippen molar-refractivity contribution in [3.05, 3.63) is 54.0 Å². The summed E-state index contributed by atoms with van der Waals surface area (Å²) in [7, 11) is 0. The molecule has 2 aromatic rings. The minimum Gasteiger partial charge on any atom is -0.467 e. The van der Waals surface area contributed by atoms with Crippen molar-refractivity contribution in [2.24, 2.45) is 4.99 Å². The molecule has 2 N–H and O–H groups in total. The average Bonchev–Trinajstić information content (AvgIpc) is 3.03. The van der Waals surface area contributed by atoms with Crippen molar-refractivity contribution < 1.29 is 17.9 Å². The van der Waals surface area contributed by atoms with Gasteiger partial charge in [0.1, 0.15) is 11.5 Å². The number of nitrogens with one attached hydrogen (secondary N) is 2. The molecule has 2 rings (SSSR count). The third kappa shape index (κ3) is 5.98. The number of halogens is 2. The van der Waals surface area contributed by atoms with Gasteiger partial charge in [0.25, 0.3) is 0 Å². The second-order valence-electron chi connectivity index (χ2n) is 4.65. The maximum absolute atomic E-state index is 12.2. The van der Waals surface area contributed by atoms with Crippen LogP contribution < -0.4 is 15.4 Å². The number of aliphatic imine (C=N–C) groups is 1. The van der Waals surface area contributed by atoms with Crippen molar-refractivity contribution in [1.82, 2.24) is 10.6 Å². The lowest BCUT2D eigenvalue weighted by Crippen LogP contribution is -2.36.